The maximum absolute atomic E-state index is 11.9. The first-order valence-corrected chi connectivity index (χ1v) is 5.62. The van der Waals surface area contributed by atoms with Crippen LogP contribution in [0.1, 0.15) is 16.2 Å². The molecule has 2 aromatic rings. The van der Waals surface area contributed by atoms with Gasteiger partial charge in [0.05, 0.1) is 5.02 Å². The minimum Gasteiger partial charge on any atom is -0.285 e. The van der Waals surface area contributed by atoms with Crippen LogP contribution in [0, 0.1) is 0 Å². The van der Waals surface area contributed by atoms with Crippen molar-refractivity contribution in [2.75, 3.05) is 0 Å². The first kappa shape index (κ1) is 11.2. The Labute approximate surface area is 106 Å². The molecule has 0 atom stereocenters. The molecule has 0 saturated carbocycles. The molecule has 0 radical (unpaired) electrons. The molecule has 0 saturated heterocycles. The van der Waals surface area contributed by atoms with Crippen molar-refractivity contribution >= 4 is 33.3 Å². The molecule has 0 spiro atoms. The largest absolute Gasteiger partial charge is 0.285 e. The molecule has 5 heteroatoms. The van der Waals surface area contributed by atoms with Gasteiger partial charge in [0.25, 0.3) is 0 Å². The van der Waals surface area contributed by atoms with Crippen molar-refractivity contribution in [1.82, 2.24) is 9.97 Å². The number of hydrogen-bond acceptors (Lipinski definition) is 3. The van der Waals surface area contributed by atoms with E-state index in [0.717, 1.165) is 4.47 Å². The molecule has 0 unspecified atom stereocenters. The maximum atomic E-state index is 11.9. The Morgan fingerprint density at radius 1 is 1.19 bits per heavy atom. The summed E-state index contributed by atoms with van der Waals surface area (Å²) in [6, 6.07) is 6.61. The third kappa shape index (κ3) is 2.46. The van der Waals surface area contributed by atoms with Gasteiger partial charge in [0.1, 0.15) is 11.4 Å². The predicted octanol–water partition coefficient (Wildman–Crippen LogP) is 3.12. The molecule has 2 heterocycles. The number of hydrogen-bond donors (Lipinski definition) is 0. The molecular weight excluding hydrogens is 291 g/mol. The van der Waals surface area contributed by atoms with Gasteiger partial charge in [-0.05, 0) is 24.3 Å². The number of rotatable bonds is 2. The van der Waals surface area contributed by atoms with Gasteiger partial charge in [0.15, 0.2) is 0 Å². The molecule has 80 valence electrons. The Hall–Kier alpha value is -1.26. The Kier molecular flexibility index (Phi) is 3.31. The van der Waals surface area contributed by atoms with Gasteiger partial charge in [-0.3, -0.25) is 14.8 Å². The Balaban J connectivity index is 2.35. The van der Waals surface area contributed by atoms with E-state index in [1.807, 2.05) is 0 Å². The van der Waals surface area contributed by atoms with E-state index < -0.39 is 0 Å². The van der Waals surface area contributed by atoms with Crippen molar-refractivity contribution in [3.05, 3.63) is 57.5 Å². The maximum Gasteiger partial charge on any atom is 0.229 e. The average Bonchev–Trinajstić information content (AvgIpc) is 2.29. The summed E-state index contributed by atoms with van der Waals surface area (Å²) in [5, 5.41) is 0.499. The fourth-order valence-electron chi connectivity index (χ4n) is 1.17. The van der Waals surface area contributed by atoms with Gasteiger partial charge in [-0.25, -0.2) is 0 Å². The molecule has 0 bridgehead atoms. The zero-order chi connectivity index (χ0) is 11.5. The van der Waals surface area contributed by atoms with E-state index in [0.29, 0.717) is 16.4 Å². The van der Waals surface area contributed by atoms with E-state index in [1.165, 1.54) is 6.20 Å². The van der Waals surface area contributed by atoms with Crippen LogP contribution < -0.4 is 0 Å². The molecule has 0 aromatic carbocycles. The highest BCUT2D eigenvalue weighted by Gasteiger charge is 2.11. The SMILES string of the molecule is O=C(c1ccc(Cl)cn1)c1cc(Br)ccn1. The van der Waals surface area contributed by atoms with E-state index in [-0.39, 0.29) is 5.78 Å². The second kappa shape index (κ2) is 4.72. The highest BCUT2D eigenvalue weighted by atomic mass is 79.9. The normalized spacial score (nSPS) is 10.1. The lowest BCUT2D eigenvalue weighted by molar-refractivity contribution is 0.103. The first-order chi connectivity index (χ1) is 7.66. The van der Waals surface area contributed by atoms with Gasteiger partial charge >= 0.3 is 0 Å². The minimum atomic E-state index is -0.224. The zero-order valence-corrected chi connectivity index (χ0v) is 10.4. The zero-order valence-electron chi connectivity index (χ0n) is 8.02. The lowest BCUT2D eigenvalue weighted by Gasteiger charge is -1.99. The molecule has 2 aromatic heterocycles. The van der Waals surface area contributed by atoms with Crippen LogP contribution in [-0.4, -0.2) is 15.8 Å². The fourth-order valence-corrected chi connectivity index (χ4v) is 1.62. The van der Waals surface area contributed by atoms with Crippen LogP contribution in [0.5, 0.6) is 0 Å². The molecule has 16 heavy (non-hydrogen) atoms. The van der Waals surface area contributed by atoms with E-state index in [4.69, 9.17) is 11.6 Å². The lowest BCUT2D eigenvalue weighted by Crippen LogP contribution is -2.05. The molecule has 0 aliphatic heterocycles. The number of nitrogens with zero attached hydrogens (tertiary/aromatic N) is 2. The van der Waals surface area contributed by atoms with Crippen LogP contribution in [-0.2, 0) is 0 Å². The molecule has 0 aliphatic carbocycles. The fraction of sp³-hybridized carbons (Fsp3) is 0. The third-order valence-electron chi connectivity index (χ3n) is 1.91. The first-order valence-electron chi connectivity index (χ1n) is 4.44. The van der Waals surface area contributed by atoms with Crippen molar-refractivity contribution in [2.24, 2.45) is 0 Å². The summed E-state index contributed by atoms with van der Waals surface area (Å²) in [7, 11) is 0. The second-order valence-corrected chi connectivity index (χ2v) is 4.40. The molecule has 0 aliphatic rings. The smallest absolute Gasteiger partial charge is 0.229 e. The predicted molar refractivity (Wildman–Crippen MR) is 64.6 cm³/mol. The highest BCUT2D eigenvalue weighted by Crippen LogP contribution is 2.13. The van der Waals surface area contributed by atoms with E-state index in [1.54, 1.807) is 30.5 Å². The van der Waals surface area contributed by atoms with Crippen molar-refractivity contribution in [2.45, 2.75) is 0 Å². The van der Waals surface area contributed by atoms with Crippen molar-refractivity contribution in [3.8, 4) is 0 Å². The van der Waals surface area contributed by atoms with Gasteiger partial charge < -0.3 is 0 Å². The Morgan fingerprint density at radius 3 is 2.62 bits per heavy atom. The van der Waals surface area contributed by atoms with Crippen LogP contribution in [0.2, 0.25) is 5.02 Å². The van der Waals surface area contributed by atoms with Crippen molar-refractivity contribution in [1.29, 1.82) is 0 Å². The minimum absolute atomic E-state index is 0.224. The van der Waals surface area contributed by atoms with Gasteiger partial charge in [0, 0.05) is 16.9 Å². The molecule has 0 fully saturated rings. The van der Waals surface area contributed by atoms with Crippen molar-refractivity contribution < 1.29 is 4.79 Å². The van der Waals surface area contributed by atoms with Gasteiger partial charge in [0.2, 0.25) is 5.78 Å². The van der Waals surface area contributed by atoms with Gasteiger partial charge in [-0.1, -0.05) is 27.5 Å². The van der Waals surface area contributed by atoms with Crippen LogP contribution in [0.4, 0.5) is 0 Å². The standard InChI is InChI=1S/C11H6BrClN2O/c12-7-3-4-14-10(5-7)11(16)9-2-1-8(13)6-15-9/h1-6H. The van der Waals surface area contributed by atoms with Crippen LogP contribution in [0.3, 0.4) is 0 Å². The quantitative estimate of drug-likeness (QED) is 0.800. The van der Waals surface area contributed by atoms with Crippen LogP contribution in [0.15, 0.2) is 41.1 Å². The van der Waals surface area contributed by atoms with Crippen LogP contribution in [0.25, 0.3) is 0 Å². The summed E-state index contributed by atoms with van der Waals surface area (Å²) >= 11 is 8.97. The molecule has 0 amide bonds. The highest BCUT2D eigenvalue weighted by molar-refractivity contribution is 9.10. The van der Waals surface area contributed by atoms with E-state index >= 15 is 0 Å². The Bertz CT molecular complexity index is 528. The number of pyridine rings is 2. The molecule has 2 rings (SSSR count). The second-order valence-electron chi connectivity index (χ2n) is 3.05. The summed E-state index contributed by atoms with van der Waals surface area (Å²) in [6.45, 7) is 0. The summed E-state index contributed by atoms with van der Waals surface area (Å²) in [5.41, 5.74) is 0.680. The molecule has 3 nitrogen and oxygen atoms in total. The number of halogens is 2. The molecule has 0 N–H and O–H groups in total. The summed E-state index contributed by atoms with van der Waals surface area (Å²) in [6.07, 6.45) is 3.00. The number of carbonyl (C=O) groups is 1. The topological polar surface area (TPSA) is 42.9 Å². The van der Waals surface area contributed by atoms with Crippen molar-refractivity contribution in [3.63, 3.8) is 0 Å². The summed E-state index contributed by atoms with van der Waals surface area (Å²) < 4.78 is 0.805. The number of carbonyl (C=O) groups excluding carboxylic acids is 1. The lowest BCUT2D eigenvalue weighted by atomic mass is 10.2. The average molecular weight is 298 g/mol. The summed E-state index contributed by atoms with van der Waals surface area (Å²) in [4.78, 5) is 19.9. The van der Waals surface area contributed by atoms with Gasteiger partial charge in [-0.15, -0.1) is 0 Å². The van der Waals surface area contributed by atoms with Gasteiger partial charge in [-0.2, -0.15) is 0 Å². The summed E-state index contributed by atoms with van der Waals surface area (Å²) in [5.74, 6) is -0.224. The van der Waals surface area contributed by atoms with Crippen LogP contribution >= 0.6 is 27.5 Å². The third-order valence-corrected chi connectivity index (χ3v) is 2.63. The monoisotopic (exact) mass is 296 g/mol. The molecular formula is C11H6BrClN2O. The Morgan fingerprint density at radius 2 is 2.00 bits per heavy atom. The van der Waals surface area contributed by atoms with E-state index in [2.05, 4.69) is 25.9 Å². The number of aromatic nitrogens is 2. The van der Waals surface area contributed by atoms with E-state index in [9.17, 15) is 4.79 Å². The number of ketones is 1.